The number of likely N-dealkylation sites (N-methyl/N-ethyl adjacent to an activating group) is 1. The van der Waals surface area contributed by atoms with Gasteiger partial charge in [0, 0.05) is 24.3 Å². The van der Waals surface area contributed by atoms with Crippen LogP contribution in [-0.4, -0.2) is 64.9 Å². The second-order valence-corrected chi connectivity index (χ2v) is 9.52. The Balaban J connectivity index is 2.53. The molecule has 0 saturated heterocycles. The minimum atomic E-state index is -0.927. The number of carbonyl (C=O) groups excluding carboxylic acids is 1. The van der Waals surface area contributed by atoms with E-state index in [1.807, 2.05) is 13.8 Å². The summed E-state index contributed by atoms with van der Waals surface area (Å²) in [5.41, 5.74) is 2.10. The normalized spacial score (nSPS) is 11.9. The number of aliphatic carboxylic acids is 1. The molecule has 1 unspecified atom stereocenters. The third kappa shape index (κ3) is 7.07. The van der Waals surface area contributed by atoms with Gasteiger partial charge in [0.2, 0.25) is 0 Å². The van der Waals surface area contributed by atoms with Crippen LogP contribution in [0.2, 0.25) is 0 Å². The first-order chi connectivity index (χ1) is 17.3. The Labute approximate surface area is 217 Å². The second-order valence-electron chi connectivity index (χ2n) is 9.52. The molecule has 1 amide bonds. The number of phenols is 1. The number of rotatable bonds is 9. The van der Waals surface area contributed by atoms with Gasteiger partial charge in [-0.15, -0.1) is 0 Å². The molecule has 5 N–H and O–H groups in total. The van der Waals surface area contributed by atoms with E-state index in [9.17, 15) is 19.8 Å². The van der Waals surface area contributed by atoms with Gasteiger partial charge < -0.3 is 20.3 Å². The maximum absolute atomic E-state index is 12.8. The zero-order chi connectivity index (χ0) is 28.0. The van der Waals surface area contributed by atoms with E-state index >= 15 is 0 Å². The molecule has 0 aliphatic rings. The number of nitrogens with zero attached hydrogens (tertiary/aromatic N) is 2. The maximum atomic E-state index is 12.8. The number of carboxylic acid groups (broad SMARTS) is 1. The number of amidine groups is 2. The van der Waals surface area contributed by atoms with E-state index in [0.29, 0.717) is 18.0 Å². The molecule has 0 heterocycles. The summed E-state index contributed by atoms with van der Waals surface area (Å²) in [5, 5.41) is 40.2. The lowest BCUT2D eigenvalue weighted by Crippen LogP contribution is -2.47. The van der Waals surface area contributed by atoms with E-state index in [-0.39, 0.29) is 29.1 Å². The summed E-state index contributed by atoms with van der Waals surface area (Å²) in [5.74, 6) is -2.04. The average molecular weight is 512 g/mol. The first-order valence-electron chi connectivity index (χ1n) is 12.0. The maximum Gasteiger partial charge on any atom is 0.320 e. The standard InChI is InChI=1S/C27H37N5O5/c1-15(2)20-12-21(22(33)13-23(20)37-7)24(28)32(25(29)26(34)30-16(3)4)19-10-8-18(9-11-19)14-31(6)17(5)27(35)36/h8-13,15-17,28-29,33H,14H2,1-7H3,(H,30,34)(H,35,36). The fraction of sp³-hybridized carbons (Fsp3) is 0.407. The number of benzene rings is 2. The van der Waals surface area contributed by atoms with Gasteiger partial charge in [0.1, 0.15) is 23.4 Å². The van der Waals surface area contributed by atoms with Gasteiger partial charge in [-0.2, -0.15) is 0 Å². The molecule has 0 saturated carbocycles. The molecule has 0 bridgehead atoms. The molecule has 0 fully saturated rings. The van der Waals surface area contributed by atoms with Gasteiger partial charge >= 0.3 is 5.97 Å². The molecule has 0 radical (unpaired) electrons. The van der Waals surface area contributed by atoms with Crippen molar-refractivity contribution in [3.05, 3.63) is 53.1 Å². The van der Waals surface area contributed by atoms with Gasteiger partial charge in [-0.3, -0.25) is 30.2 Å². The van der Waals surface area contributed by atoms with Crippen LogP contribution in [0.1, 0.15) is 57.2 Å². The van der Waals surface area contributed by atoms with Gasteiger partial charge in [-0.1, -0.05) is 26.0 Å². The van der Waals surface area contributed by atoms with Crippen molar-refractivity contribution in [2.24, 2.45) is 0 Å². The number of phenolic OH excluding ortho intramolecular Hbond substituents is 1. The molecule has 2 aromatic carbocycles. The summed E-state index contributed by atoms with van der Waals surface area (Å²) in [6.07, 6.45) is 0. The zero-order valence-electron chi connectivity index (χ0n) is 22.4. The van der Waals surface area contributed by atoms with Gasteiger partial charge in [0.25, 0.3) is 5.91 Å². The molecular formula is C27H37N5O5. The monoisotopic (exact) mass is 511 g/mol. The summed E-state index contributed by atoms with van der Waals surface area (Å²) in [4.78, 5) is 26.9. The highest BCUT2D eigenvalue weighted by Crippen LogP contribution is 2.34. The van der Waals surface area contributed by atoms with Crippen LogP contribution in [0.15, 0.2) is 36.4 Å². The number of nitrogens with one attached hydrogen (secondary N) is 3. The van der Waals surface area contributed by atoms with Crippen molar-refractivity contribution in [3.8, 4) is 11.5 Å². The topological polar surface area (TPSA) is 150 Å². The lowest BCUT2D eigenvalue weighted by Gasteiger charge is -2.27. The first kappa shape index (κ1) is 29.3. The van der Waals surface area contributed by atoms with Crippen LogP contribution >= 0.6 is 0 Å². The van der Waals surface area contributed by atoms with E-state index in [1.165, 1.54) is 13.2 Å². The SMILES string of the molecule is COc1cc(O)c(C(=N)N(C(=N)C(=O)NC(C)C)c2ccc(CN(C)C(C)C(=O)O)cc2)cc1C(C)C. The molecule has 1 atom stereocenters. The molecule has 0 aliphatic carbocycles. The highest BCUT2D eigenvalue weighted by Gasteiger charge is 2.28. The summed E-state index contributed by atoms with van der Waals surface area (Å²) < 4.78 is 5.38. The van der Waals surface area contributed by atoms with Crippen molar-refractivity contribution >= 4 is 29.2 Å². The number of aromatic hydroxyl groups is 1. The van der Waals surface area contributed by atoms with Crippen LogP contribution in [0.5, 0.6) is 11.5 Å². The van der Waals surface area contributed by atoms with E-state index in [4.69, 9.17) is 15.6 Å². The van der Waals surface area contributed by atoms with Crippen LogP contribution in [0, 0.1) is 10.8 Å². The largest absolute Gasteiger partial charge is 0.507 e. The van der Waals surface area contributed by atoms with Crippen LogP contribution in [0.3, 0.4) is 0 Å². The lowest BCUT2D eigenvalue weighted by molar-refractivity contribution is -0.142. The average Bonchev–Trinajstić information content (AvgIpc) is 2.83. The summed E-state index contributed by atoms with van der Waals surface area (Å²) in [6, 6.07) is 8.99. The smallest absolute Gasteiger partial charge is 0.320 e. The van der Waals surface area contributed by atoms with Crippen LogP contribution < -0.4 is 15.0 Å². The van der Waals surface area contributed by atoms with Crippen molar-refractivity contribution in [2.75, 3.05) is 19.1 Å². The molecular weight excluding hydrogens is 474 g/mol. The molecule has 0 spiro atoms. The Hall–Kier alpha value is -3.92. The van der Waals surface area contributed by atoms with Gasteiger partial charge in [-0.25, -0.2) is 0 Å². The number of ether oxygens (including phenoxy) is 1. The minimum Gasteiger partial charge on any atom is -0.507 e. The first-order valence-corrected chi connectivity index (χ1v) is 12.0. The second kappa shape index (κ2) is 12.4. The minimum absolute atomic E-state index is 0.0312. The number of hydrogen-bond donors (Lipinski definition) is 5. The molecule has 0 aromatic heterocycles. The van der Waals surface area contributed by atoms with Crippen molar-refractivity contribution in [1.29, 1.82) is 10.8 Å². The summed E-state index contributed by atoms with van der Waals surface area (Å²) >= 11 is 0. The third-order valence-corrected chi connectivity index (χ3v) is 5.95. The van der Waals surface area contributed by atoms with Gasteiger partial charge in [0.15, 0.2) is 5.84 Å². The Bertz CT molecular complexity index is 1160. The third-order valence-electron chi connectivity index (χ3n) is 5.95. The number of amides is 1. The fourth-order valence-electron chi connectivity index (χ4n) is 3.69. The molecule has 2 aromatic rings. The Morgan fingerprint density at radius 2 is 1.65 bits per heavy atom. The van der Waals surface area contributed by atoms with Crippen LogP contribution in [-0.2, 0) is 16.1 Å². The molecule has 2 rings (SSSR count). The van der Waals surface area contributed by atoms with Crippen molar-refractivity contribution in [1.82, 2.24) is 10.2 Å². The summed E-state index contributed by atoms with van der Waals surface area (Å²) in [6.45, 7) is 9.43. The summed E-state index contributed by atoms with van der Waals surface area (Å²) in [7, 11) is 3.21. The van der Waals surface area contributed by atoms with Crippen LogP contribution in [0.25, 0.3) is 0 Å². The van der Waals surface area contributed by atoms with E-state index in [0.717, 1.165) is 16.0 Å². The molecule has 10 heteroatoms. The molecule has 200 valence electrons. The number of carboxylic acids is 1. The number of anilines is 1. The Kier molecular flexibility index (Phi) is 9.79. The molecule has 10 nitrogen and oxygen atoms in total. The van der Waals surface area contributed by atoms with Gasteiger partial charge in [0.05, 0.1) is 12.7 Å². The predicted octanol–water partition coefficient (Wildman–Crippen LogP) is 3.76. The predicted molar refractivity (Wildman–Crippen MR) is 144 cm³/mol. The Morgan fingerprint density at radius 3 is 2.14 bits per heavy atom. The quantitative estimate of drug-likeness (QED) is 0.254. The van der Waals surface area contributed by atoms with Crippen LogP contribution in [0.4, 0.5) is 5.69 Å². The zero-order valence-corrected chi connectivity index (χ0v) is 22.4. The highest BCUT2D eigenvalue weighted by molar-refractivity contribution is 6.48. The van der Waals surface area contributed by atoms with Gasteiger partial charge in [-0.05, 0) is 63.1 Å². The Morgan fingerprint density at radius 1 is 1.05 bits per heavy atom. The van der Waals surface area contributed by atoms with Crippen molar-refractivity contribution in [3.63, 3.8) is 0 Å². The molecule has 37 heavy (non-hydrogen) atoms. The van der Waals surface area contributed by atoms with Crippen molar-refractivity contribution < 1.29 is 24.5 Å². The van der Waals surface area contributed by atoms with E-state index in [2.05, 4.69) is 5.32 Å². The van der Waals surface area contributed by atoms with Crippen molar-refractivity contribution in [2.45, 2.75) is 59.2 Å². The van der Waals surface area contributed by atoms with E-state index in [1.54, 1.807) is 63.1 Å². The molecule has 0 aliphatic heterocycles. The highest BCUT2D eigenvalue weighted by atomic mass is 16.5. The van der Waals surface area contributed by atoms with E-state index < -0.39 is 23.8 Å². The lowest BCUT2D eigenvalue weighted by atomic mass is 9.97. The number of carbonyl (C=O) groups is 2. The number of hydrogen-bond acceptors (Lipinski definition) is 7. The fourth-order valence-corrected chi connectivity index (χ4v) is 3.69. The number of methoxy groups -OCH3 is 1.